The number of hydrogen-bond donors (Lipinski definition) is 2. The van der Waals surface area contributed by atoms with Crippen LogP contribution in [-0.2, 0) is 19.3 Å². The van der Waals surface area contributed by atoms with E-state index >= 15 is 0 Å². The number of aromatic nitrogens is 5. The third-order valence-electron chi connectivity index (χ3n) is 5.41. The van der Waals surface area contributed by atoms with Gasteiger partial charge in [-0.2, -0.15) is 0 Å². The molecule has 7 nitrogen and oxygen atoms in total. The zero-order valence-corrected chi connectivity index (χ0v) is 18.5. The van der Waals surface area contributed by atoms with Crippen LogP contribution in [0.4, 0.5) is 5.95 Å². The van der Waals surface area contributed by atoms with Crippen molar-refractivity contribution in [3.63, 3.8) is 0 Å². The van der Waals surface area contributed by atoms with Gasteiger partial charge in [0.15, 0.2) is 10.8 Å². The Morgan fingerprint density at radius 3 is 2.79 bits per heavy atom. The molecule has 4 aromatic rings. The summed E-state index contributed by atoms with van der Waals surface area (Å²) in [6.07, 6.45) is 6.36. The van der Waals surface area contributed by atoms with E-state index in [1.807, 2.05) is 10.7 Å². The topological polar surface area (TPSA) is 88.2 Å². The number of nitrogens with zero attached hydrogens (tertiary/aromatic N) is 5. The molecule has 0 fully saturated rings. The molecule has 29 heavy (non-hydrogen) atoms. The highest BCUT2D eigenvalue weighted by Crippen LogP contribution is 2.42. The van der Waals surface area contributed by atoms with Gasteiger partial charge < -0.3 is 10.4 Å². The molecule has 9 heteroatoms. The second-order valence-electron chi connectivity index (χ2n) is 7.86. The van der Waals surface area contributed by atoms with Gasteiger partial charge >= 0.3 is 0 Å². The van der Waals surface area contributed by atoms with Crippen LogP contribution in [0.2, 0.25) is 0 Å². The average Bonchev–Trinajstić information content (AvgIpc) is 3.41. The average molecular weight is 429 g/mol. The van der Waals surface area contributed by atoms with Crippen LogP contribution in [0.25, 0.3) is 26.1 Å². The highest BCUT2D eigenvalue weighted by Gasteiger charge is 2.26. The number of aryl methyl sites for hydroxylation is 1. The van der Waals surface area contributed by atoms with E-state index in [0.717, 1.165) is 45.1 Å². The monoisotopic (exact) mass is 428 g/mol. The maximum atomic E-state index is 9.31. The van der Waals surface area contributed by atoms with Crippen molar-refractivity contribution in [3.8, 4) is 0 Å². The molecule has 0 bridgehead atoms. The zero-order chi connectivity index (χ0) is 20.1. The van der Waals surface area contributed by atoms with Crippen molar-refractivity contribution in [1.82, 2.24) is 24.6 Å². The van der Waals surface area contributed by atoms with Gasteiger partial charge in [0, 0.05) is 17.6 Å². The van der Waals surface area contributed by atoms with Crippen LogP contribution in [0, 0.1) is 5.92 Å². The smallest absolute Gasteiger partial charge is 0.211 e. The van der Waals surface area contributed by atoms with E-state index in [9.17, 15) is 5.11 Å². The van der Waals surface area contributed by atoms with Crippen LogP contribution in [-0.4, -0.2) is 49.1 Å². The molecule has 1 aliphatic carbocycles. The molecule has 2 N–H and O–H groups in total. The van der Waals surface area contributed by atoms with Gasteiger partial charge in [-0.25, -0.2) is 14.4 Å². The fourth-order valence-electron chi connectivity index (χ4n) is 4.29. The second kappa shape index (κ2) is 7.37. The molecule has 0 aromatic carbocycles. The standard InChI is InChI=1S/C20H24N6OS2/c1-10(2)9-13-11-5-4-6-12(11)14-15-16(29-18(14)22-13)17-24-25-20(28-3)26(17)19(23-15)21-7-8-27/h10,27H,4-9H2,1-3H3,(H,21,23). The van der Waals surface area contributed by atoms with Gasteiger partial charge in [0.25, 0.3) is 0 Å². The van der Waals surface area contributed by atoms with Crippen LogP contribution in [0.5, 0.6) is 0 Å². The van der Waals surface area contributed by atoms with E-state index in [2.05, 4.69) is 29.4 Å². The van der Waals surface area contributed by atoms with Crippen LogP contribution in [0.3, 0.4) is 0 Å². The fraction of sp³-hybridized carbons (Fsp3) is 0.500. The van der Waals surface area contributed by atoms with Crippen LogP contribution < -0.4 is 5.32 Å². The second-order valence-corrected chi connectivity index (χ2v) is 9.63. The number of anilines is 1. The number of pyridine rings is 1. The molecule has 0 amide bonds. The number of fused-ring (bicyclic) bond motifs is 7. The van der Waals surface area contributed by atoms with Crippen molar-refractivity contribution in [1.29, 1.82) is 0 Å². The van der Waals surface area contributed by atoms with Gasteiger partial charge in [-0.1, -0.05) is 25.6 Å². The lowest BCUT2D eigenvalue weighted by atomic mass is 9.99. The van der Waals surface area contributed by atoms with E-state index in [4.69, 9.17) is 9.97 Å². The van der Waals surface area contributed by atoms with Crippen molar-refractivity contribution in [2.24, 2.45) is 5.92 Å². The molecule has 152 valence electrons. The molecule has 0 atom stereocenters. The normalized spacial score (nSPS) is 14.0. The quantitative estimate of drug-likeness (QED) is 0.453. The minimum atomic E-state index is 0.0395. The Labute approximate surface area is 177 Å². The molecule has 4 heterocycles. The van der Waals surface area contributed by atoms with Crippen molar-refractivity contribution in [2.45, 2.75) is 44.7 Å². The molecule has 0 aliphatic heterocycles. The van der Waals surface area contributed by atoms with E-state index in [1.54, 1.807) is 11.3 Å². The summed E-state index contributed by atoms with van der Waals surface area (Å²) in [5.74, 6) is 1.26. The van der Waals surface area contributed by atoms with Crippen molar-refractivity contribution in [3.05, 3.63) is 16.8 Å². The van der Waals surface area contributed by atoms with Gasteiger partial charge in [-0.05, 0) is 49.0 Å². The molecule has 4 aromatic heterocycles. The lowest BCUT2D eigenvalue weighted by molar-refractivity contribution is 0.310. The third-order valence-corrected chi connectivity index (χ3v) is 7.11. The highest BCUT2D eigenvalue weighted by molar-refractivity contribution is 7.98. The van der Waals surface area contributed by atoms with Gasteiger partial charge in [-0.15, -0.1) is 21.5 Å². The first-order valence-electron chi connectivity index (χ1n) is 10.0. The molecule has 0 unspecified atom stereocenters. The van der Waals surface area contributed by atoms with Gasteiger partial charge in [0.05, 0.1) is 12.1 Å². The fourth-order valence-corrected chi connectivity index (χ4v) is 5.90. The number of hydrogen-bond acceptors (Lipinski definition) is 8. The maximum Gasteiger partial charge on any atom is 0.211 e. The number of thioether (sulfide) groups is 1. The molecular weight excluding hydrogens is 404 g/mol. The predicted octanol–water partition coefficient (Wildman–Crippen LogP) is 3.70. The molecule has 0 spiro atoms. The summed E-state index contributed by atoms with van der Waals surface area (Å²) in [6.45, 7) is 4.97. The summed E-state index contributed by atoms with van der Waals surface area (Å²) in [5.41, 5.74) is 5.88. The van der Waals surface area contributed by atoms with Gasteiger partial charge in [-0.3, -0.25) is 0 Å². The molecule has 5 rings (SSSR count). The summed E-state index contributed by atoms with van der Waals surface area (Å²) in [5, 5.41) is 23.4. The number of nitrogens with one attached hydrogen (secondary N) is 1. The Kier molecular flexibility index (Phi) is 4.84. The zero-order valence-electron chi connectivity index (χ0n) is 16.8. The summed E-state index contributed by atoms with van der Waals surface area (Å²) < 4.78 is 2.98. The first-order valence-corrected chi connectivity index (χ1v) is 12.1. The molecule has 1 aliphatic rings. The molecule has 0 saturated carbocycles. The third kappa shape index (κ3) is 2.98. The molecule has 0 radical (unpaired) electrons. The van der Waals surface area contributed by atoms with Crippen molar-refractivity contribution >= 4 is 55.1 Å². The van der Waals surface area contributed by atoms with E-state index in [1.165, 1.54) is 40.4 Å². The minimum absolute atomic E-state index is 0.0395. The number of aliphatic hydroxyl groups excluding tert-OH is 1. The van der Waals surface area contributed by atoms with Gasteiger partial charge in [0.2, 0.25) is 5.95 Å². The van der Waals surface area contributed by atoms with Crippen molar-refractivity contribution < 1.29 is 5.11 Å². The maximum absolute atomic E-state index is 9.31. The Bertz CT molecular complexity index is 1230. The summed E-state index contributed by atoms with van der Waals surface area (Å²) in [4.78, 5) is 11.2. The lowest BCUT2D eigenvalue weighted by Crippen LogP contribution is -2.11. The van der Waals surface area contributed by atoms with Crippen LogP contribution in [0.15, 0.2) is 5.16 Å². The predicted molar refractivity (Wildman–Crippen MR) is 119 cm³/mol. The molecule has 0 saturated heterocycles. The minimum Gasteiger partial charge on any atom is -0.395 e. The van der Waals surface area contributed by atoms with E-state index in [0.29, 0.717) is 18.4 Å². The van der Waals surface area contributed by atoms with Gasteiger partial charge in [0.1, 0.15) is 9.53 Å². The Morgan fingerprint density at radius 2 is 2.03 bits per heavy atom. The Morgan fingerprint density at radius 1 is 1.21 bits per heavy atom. The number of thiophene rings is 1. The summed E-state index contributed by atoms with van der Waals surface area (Å²) >= 11 is 3.20. The number of aliphatic hydroxyl groups is 1. The Balaban J connectivity index is 1.85. The van der Waals surface area contributed by atoms with E-state index < -0.39 is 0 Å². The highest BCUT2D eigenvalue weighted by atomic mass is 32.2. The first-order chi connectivity index (χ1) is 14.1. The SMILES string of the molecule is CSc1nnc2c3sc4nc(CC(C)C)c5c(c4c3nc(NCCO)n12)CCC5. The summed E-state index contributed by atoms with van der Waals surface area (Å²) in [6, 6.07) is 0. The summed E-state index contributed by atoms with van der Waals surface area (Å²) in [7, 11) is 0. The largest absolute Gasteiger partial charge is 0.395 e. The first kappa shape index (κ1) is 19.0. The van der Waals surface area contributed by atoms with E-state index in [-0.39, 0.29) is 6.61 Å². The van der Waals surface area contributed by atoms with Crippen molar-refractivity contribution in [2.75, 3.05) is 24.7 Å². The molecular formula is C20H24N6OS2. The lowest BCUT2D eigenvalue weighted by Gasteiger charge is -2.11. The number of rotatable bonds is 6. The van der Waals surface area contributed by atoms with Crippen LogP contribution in [0.1, 0.15) is 37.1 Å². The van der Waals surface area contributed by atoms with Crippen LogP contribution >= 0.6 is 23.1 Å². The Hall–Kier alpha value is -1.97.